The van der Waals surface area contributed by atoms with Crippen LogP contribution in [0.1, 0.15) is 18.4 Å². The molecule has 0 aromatic heterocycles. The van der Waals surface area contributed by atoms with E-state index in [0.29, 0.717) is 13.0 Å². The summed E-state index contributed by atoms with van der Waals surface area (Å²) in [7, 11) is 0. The first-order valence-electron chi connectivity index (χ1n) is 5.45. The summed E-state index contributed by atoms with van der Waals surface area (Å²) in [6, 6.07) is 4.70. The normalized spacial score (nSPS) is 14.8. The molecule has 4 nitrogen and oxygen atoms in total. The molecule has 1 aliphatic carbocycles. The first kappa shape index (κ1) is 10.8. The van der Waals surface area contributed by atoms with Crippen molar-refractivity contribution < 1.29 is 15.0 Å². The lowest BCUT2D eigenvalue weighted by Crippen LogP contribution is -2.26. The van der Waals surface area contributed by atoms with Crippen LogP contribution in [-0.2, 0) is 11.2 Å². The Balaban J connectivity index is 1.80. The topological polar surface area (TPSA) is 69.6 Å². The molecule has 2 rings (SSSR count). The third kappa shape index (κ3) is 2.66. The zero-order valence-corrected chi connectivity index (χ0v) is 8.94. The standard InChI is InChI=1S/C12H15NO3/c14-10-4-1-8(7-11(10)15)5-6-13-12(16)9-2-3-9/h1,4,7,9,14-15H,2-3,5-6H2,(H,13,16). The molecule has 1 aliphatic rings. The van der Waals surface area contributed by atoms with Crippen LogP contribution in [0.15, 0.2) is 18.2 Å². The van der Waals surface area contributed by atoms with Gasteiger partial charge in [-0.3, -0.25) is 4.79 Å². The van der Waals surface area contributed by atoms with E-state index in [1.54, 1.807) is 6.07 Å². The molecule has 0 bridgehead atoms. The van der Waals surface area contributed by atoms with Gasteiger partial charge in [0.1, 0.15) is 0 Å². The number of amides is 1. The van der Waals surface area contributed by atoms with Crippen molar-refractivity contribution in [1.82, 2.24) is 5.32 Å². The molecule has 1 saturated carbocycles. The Hall–Kier alpha value is -1.71. The maximum absolute atomic E-state index is 11.3. The van der Waals surface area contributed by atoms with Crippen molar-refractivity contribution >= 4 is 5.91 Å². The molecule has 1 fully saturated rings. The van der Waals surface area contributed by atoms with Gasteiger partial charge in [-0.25, -0.2) is 0 Å². The first-order valence-corrected chi connectivity index (χ1v) is 5.45. The van der Waals surface area contributed by atoms with Gasteiger partial charge < -0.3 is 15.5 Å². The lowest BCUT2D eigenvalue weighted by molar-refractivity contribution is -0.122. The lowest BCUT2D eigenvalue weighted by atomic mass is 10.1. The summed E-state index contributed by atoms with van der Waals surface area (Å²) >= 11 is 0. The number of carbonyl (C=O) groups is 1. The molecular formula is C12H15NO3. The van der Waals surface area contributed by atoms with E-state index < -0.39 is 0 Å². The van der Waals surface area contributed by atoms with Crippen molar-refractivity contribution in [2.75, 3.05) is 6.54 Å². The number of phenolic OH excluding ortho intramolecular Hbond substituents is 2. The summed E-state index contributed by atoms with van der Waals surface area (Å²) in [5.41, 5.74) is 0.895. The van der Waals surface area contributed by atoms with Gasteiger partial charge in [-0.15, -0.1) is 0 Å². The number of carbonyl (C=O) groups excluding carboxylic acids is 1. The largest absolute Gasteiger partial charge is 0.504 e. The maximum Gasteiger partial charge on any atom is 0.223 e. The van der Waals surface area contributed by atoms with Crippen LogP contribution in [0, 0.1) is 5.92 Å². The summed E-state index contributed by atoms with van der Waals surface area (Å²) in [5, 5.41) is 21.2. The predicted octanol–water partition coefficient (Wildman–Crippen LogP) is 1.17. The van der Waals surface area contributed by atoms with Crippen molar-refractivity contribution in [3.8, 4) is 11.5 Å². The molecular weight excluding hydrogens is 206 g/mol. The van der Waals surface area contributed by atoms with Gasteiger partial charge in [0, 0.05) is 12.5 Å². The molecule has 0 spiro atoms. The molecule has 1 aromatic rings. The molecule has 4 heteroatoms. The van der Waals surface area contributed by atoms with Crippen LogP contribution in [0.4, 0.5) is 0 Å². The van der Waals surface area contributed by atoms with E-state index in [9.17, 15) is 9.90 Å². The SMILES string of the molecule is O=C(NCCc1ccc(O)c(O)c1)C1CC1. The van der Waals surface area contributed by atoms with Crippen LogP contribution >= 0.6 is 0 Å². The second kappa shape index (κ2) is 4.43. The fourth-order valence-electron chi connectivity index (χ4n) is 1.54. The van der Waals surface area contributed by atoms with Gasteiger partial charge in [-0.05, 0) is 37.0 Å². The van der Waals surface area contributed by atoms with Crippen LogP contribution in [0.3, 0.4) is 0 Å². The Bertz CT molecular complexity index is 399. The highest BCUT2D eigenvalue weighted by molar-refractivity contribution is 5.80. The fourth-order valence-corrected chi connectivity index (χ4v) is 1.54. The molecule has 1 aromatic carbocycles. The average molecular weight is 221 g/mol. The summed E-state index contributed by atoms with van der Waals surface area (Å²) in [5.74, 6) is 0.119. The maximum atomic E-state index is 11.3. The highest BCUT2D eigenvalue weighted by Crippen LogP contribution is 2.28. The number of rotatable bonds is 4. The number of benzene rings is 1. The summed E-state index contributed by atoms with van der Waals surface area (Å²) in [6.07, 6.45) is 2.67. The van der Waals surface area contributed by atoms with E-state index in [1.807, 2.05) is 0 Å². The Kier molecular flexibility index (Phi) is 2.99. The zero-order valence-electron chi connectivity index (χ0n) is 8.94. The number of nitrogens with one attached hydrogen (secondary N) is 1. The zero-order chi connectivity index (χ0) is 11.5. The van der Waals surface area contributed by atoms with Crippen molar-refractivity contribution in [3.63, 3.8) is 0 Å². The Morgan fingerprint density at radius 3 is 2.69 bits per heavy atom. The Labute approximate surface area is 93.9 Å². The molecule has 16 heavy (non-hydrogen) atoms. The molecule has 86 valence electrons. The monoisotopic (exact) mass is 221 g/mol. The average Bonchev–Trinajstić information content (AvgIpc) is 3.07. The molecule has 0 radical (unpaired) electrons. The van der Waals surface area contributed by atoms with Gasteiger partial charge in [0.05, 0.1) is 0 Å². The van der Waals surface area contributed by atoms with Gasteiger partial charge >= 0.3 is 0 Å². The van der Waals surface area contributed by atoms with E-state index in [2.05, 4.69) is 5.32 Å². The van der Waals surface area contributed by atoms with Crippen LogP contribution in [0.2, 0.25) is 0 Å². The van der Waals surface area contributed by atoms with Crippen molar-refractivity contribution in [1.29, 1.82) is 0 Å². The third-order valence-electron chi connectivity index (χ3n) is 2.70. The summed E-state index contributed by atoms with van der Waals surface area (Å²) in [4.78, 5) is 11.3. The number of aromatic hydroxyl groups is 2. The predicted molar refractivity (Wildman–Crippen MR) is 59.2 cm³/mol. The minimum atomic E-state index is -0.120. The van der Waals surface area contributed by atoms with Gasteiger partial charge in [0.2, 0.25) is 5.91 Å². The minimum absolute atomic E-state index is 0.119. The molecule has 0 unspecified atom stereocenters. The van der Waals surface area contributed by atoms with Gasteiger partial charge in [-0.2, -0.15) is 0 Å². The summed E-state index contributed by atoms with van der Waals surface area (Å²) < 4.78 is 0. The van der Waals surface area contributed by atoms with E-state index in [-0.39, 0.29) is 23.3 Å². The summed E-state index contributed by atoms with van der Waals surface area (Å²) in [6.45, 7) is 0.569. The highest BCUT2D eigenvalue weighted by Gasteiger charge is 2.28. The van der Waals surface area contributed by atoms with Crippen molar-refractivity contribution in [3.05, 3.63) is 23.8 Å². The quantitative estimate of drug-likeness (QED) is 0.668. The smallest absolute Gasteiger partial charge is 0.223 e. The first-order chi connectivity index (χ1) is 7.66. The number of hydrogen-bond acceptors (Lipinski definition) is 3. The van der Waals surface area contributed by atoms with Crippen LogP contribution in [0.5, 0.6) is 11.5 Å². The number of hydrogen-bond donors (Lipinski definition) is 3. The van der Waals surface area contributed by atoms with Crippen LogP contribution in [-0.4, -0.2) is 22.7 Å². The van der Waals surface area contributed by atoms with E-state index >= 15 is 0 Å². The van der Waals surface area contributed by atoms with Gasteiger partial charge in [0.25, 0.3) is 0 Å². The van der Waals surface area contributed by atoms with E-state index in [1.165, 1.54) is 12.1 Å². The second-order valence-corrected chi connectivity index (χ2v) is 4.14. The Morgan fingerprint density at radius 1 is 1.31 bits per heavy atom. The third-order valence-corrected chi connectivity index (χ3v) is 2.70. The molecule has 0 atom stereocenters. The minimum Gasteiger partial charge on any atom is -0.504 e. The van der Waals surface area contributed by atoms with E-state index in [0.717, 1.165) is 18.4 Å². The second-order valence-electron chi connectivity index (χ2n) is 4.14. The van der Waals surface area contributed by atoms with Gasteiger partial charge in [0.15, 0.2) is 11.5 Å². The molecule has 0 aliphatic heterocycles. The lowest BCUT2D eigenvalue weighted by Gasteiger charge is -2.05. The van der Waals surface area contributed by atoms with Gasteiger partial charge in [-0.1, -0.05) is 6.07 Å². The van der Waals surface area contributed by atoms with Crippen LogP contribution < -0.4 is 5.32 Å². The van der Waals surface area contributed by atoms with E-state index in [4.69, 9.17) is 5.11 Å². The molecule has 0 saturated heterocycles. The highest BCUT2D eigenvalue weighted by atomic mass is 16.3. The van der Waals surface area contributed by atoms with Crippen molar-refractivity contribution in [2.45, 2.75) is 19.3 Å². The van der Waals surface area contributed by atoms with Crippen molar-refractivity contribution in [2.24, 2.45) is 5.92 Å². The molecule has 1 amide bonds. The molecule has 3 N–H and O–H groups in total. The molecule has 0 heterocycles. The van der Waals surface area contributed by atoms with Crippen LogP contribution in [0.25, 0.3) is 0 Å². The Morgan fingerprint density at radius 2 is 2.06 bits per heavy atom. The number of phenols is 2. The fraction of sp³-hybridized carbons (Fsp3) is 0.417.